The minimum Gasteiger partial charge on any atom is -0.508 e. The van der Waals surface area contributed by atoms with Crippen LogP contribution in [0.1, 0.15) is 36.4 Å². The van der Waals surface area contributed by atoms with Crippen LogP contribution in [0.3, 0.4) is 0 Å². The van der Waals surface area contributed by atoms with Crippen LogP contribution in [0.4, 0.5) is 11.5 Å². The monoisotopic (exact) mass is 402 g/mol. The molecule has 0 unspecified atom stereocenters. The molecule has 0 saturated carbocycles. The van der Waals surface area contributed by atoms with Gasteiger partial charge in [-0.3, -0.25) is 4.79 Å². The lowest BCUT2D eigenvalue weighted by molar-refractivity contribution is -0.115. The minimum absolute atomic E-state index is 0.149. The van der Waals surface area contributed by atoms with Gasteiger partial charge < -0.3 is 16.2 Å². The molecule has 1 amide bonds. The highest BCUT2D eigenvalue weighted by Gasteiger charge is 2.23. The zero-order chi connectivity index (χ0) is 21.3. The zero-order valence-corrected chi connectivity index (χ0v) is 17.3. The molecule has 0 atom stereocenters. The van der Waals surface area contributed by atoms with E-state index < -0.39 is 0 Å². The number of phenolic OH excluding ortho intramolecular Hbond substituents is 1. The molecular weight excluding hydrogens is 376 g/mol. The molecule has 6 nitrogen and oxygen atoms in total. The van der Waals surface area contributed by atoms with Gasteiger partial charge in [-0.25, -0.2) is 9.97 Å². The standard InChI is InChI=1S/C24H26N4O2/c1-14(2)11-21-24(28-22(30)12-15-3-7-18(29)8-4-15)27-20-10-5-16-13-17(25)6-9-19(16)23(20)26-21/h3-4,6-9,13-14,29H,5,10-12,25H2,1-2H3,(H,27,28,30). The second kappa shape index (κ2) is 8.14. The van der Waals surface area contributed by atoms with Crippen LogP contribution in [0, 0.1) is 5.92 Å². The highest BCUT2D eigenvalue weighted by atomic mass is 16.3. The first kappa shape index (κ1) is 19.9. The number of aromatic nitrogens is 2. The smallest absolute Gasteiger partial charge is 0.229 e. The second-order valence-electron chi connectivity index (χ2n) is 8.22. The molecule has 4 rings (SSSR count). The van der Waals surface area contributed by atoms with E-state index >= 15 is 0 Å². The molecule has 1 aliphatic rings. The van der Waals surface area contributed by atoms with Crippen molar-refractivity contribution < 1.29 is 9.90 Å². The van der Waals surface area contributed by atoms with Crippen molar-refractivity contribution in [2.45, 2.75) is 39.5 Å². The minimum atomic E-state index is -0.149. The number of aryl methyl sites for hydroxylation is 2. The predicted molar refractivity (Wildman–Crippen MR) is 118 cm³/mol. The molecule has 0 spiro atoms. The van der Waals surface area contributed by atoms with Gasteiger partial charge in [0.1, 0.15) is 5.75 Å². The van der Waals surface area contributed by atoms with Gasteiger partial charge in [0.25, 0.3) is 0 Å². The van der Waals surface area contributed by atoms with Crippen LogP contribution >= 0.6 is 0 Å². The summed E-state index contributed by atoms with van der Waals surface area (Å²) in [5, 5.41) is 12.4. The van der Waals surface area contributed by atoms with Crippen molar-refractivity contribution in [3.63, 3.8) is 0 Å². The number of anilines is 2. The molecule has 30 heavy (non-hydrogen) atoms. The first-order valence-corrected chi connectivity index (χ1v) is 10.3. The van der Waals surface area contributed by atoms with Gasteiger partial charge >= 0.3 is 0 Å². The highest BCUT2D eigenvalue weighted by Crippen LogP contribution is 2.34. The van der Waals surface area contributed by atoms with Crippen molar-refractivity contribution in [2.75, 3.05) is 11.1 Å². The van der Waals surface area contributed by atoms with Gasteiger partial charge in [-0.15, -0.1) is 0 Å². The molecule has 1 aromatic heterocycles. The molecule has 0 fully saturated rings. The average molecular weight is 402 g/mol. The summed E-state index contributed by atoms with van der Waals surface area (Å²) in [5.74, 6) is 0.953. The summed E-state index contributed by atoms with van der Waals surface area (Å²) in [6.45, 7) is 4.25. The number of nitrogens with two attached hydrogens (primary N) is 1. The van der Waals surface area contributed by atoms with Gasteiger partial charge in [0.05, 0.1) is 23.5 Å². The second-order valence-corrected chi connectivity index (χ2v) is 8.22. The number of aromatic hydroxyl groups is 1. The predicted octanol–water partition coefficient (Wildman–Crippen LogP) is 3.91. The van der Waals surface area contributed by atoms with Crippen LogP contribution in [0.2, 0.25) is 0 Å². The number of carbonyl (C=O) groups excluding carboxylic acids is 1. The summed E-state index contributed by atoms with van der Waals surface area (Å²) in [6.07, 6.45) is 2.55. The molecule has 6 heteroatoms. The number of benzene rings is 2. The van der Waals surface area contributed by atoms with Crippen LogP contribution in [0.25, 0.3) is 11.3 Å². The van der Waals surface area contributed by atoms with Crippen molar-refractivity contribution in [3.05, 3.63) is 65.0 Å². The molecule has 2 aromatic carbocycles. The zero-order valence-electron chi connectivity index (χ0n) is 17.3. The summed E-state index contributed by atoms with van der Waals surface area (Å²) < 4.78 is 0. The van der Waals surface area contributed by atoms with Crippen molar-refractivity contribution >= 4 is 17.4 Å². The van der Waals surface area contributed by atoms with E-state index in [0.717, 1.165) is 53.2 Å². The van der Waals surface area contributed by atoms with Gasteiger partial charge in [-0.2, -0.15) is 0 Å². The van der Waals surface area contributed by atoms with Crippen molar-refractivity contribution in [3.8, 4) is 17.0 Å². The van der Waals surface area contributed by atoms with Crippen LogP contribution in [0.15, 0.2) is 42.5 Å². The third kappa shape index (κ3) is 4.27. The van der Waals surface area contributed by atoms with Gasteiger partial charge in [0.15, 0.2) is 5.82 Å². The van der Waals surface area contributed by atoms with Crippen LogP contribution in [-0.4, -0.2) is 21.0 Å². The fourth-order valence-corrected chi connectivity index (χ4v) is 3.80. The summed E-state index contributed by atoms with van der Waals surface area (Å²) in [5.41, 5.74) is 12.4. The Labute approximate surface area is 176 Å². The van der Waals surface area contributed by atoms with Gasteiger partial charge in [-0.1, -0.05) is 32.0 Å². The Balaban J connectivity index is 1.65. The molecule has 154 valence electrons. The molecular formula is C24H26N4O2. The number of nitrogens with zero attached hydrogens (tertiary/aromatic N) is 2. The van der Waals surface area contributed by atoms with E-state index in [-0.39, 0.29) is 18.1 Å². The van der Waals surface area contributed by atoms with Crippen molar-refractivity contribution in [1.29, 1.82) is 0 Å². The number of nitrogen functional groups attached to an aromatic ring is 1. The van der Waals surface area contributed by atoms with Crippen LogP contribution < -0.4 is 11.1 Å². The summed E-state index contributed by atoms with van der Waals surface area (Å²) >= 11 is 0. The fraction of sp³-hybridized carbons (Fsp3) is 0.292. The molecule has 0 radical (unpaired) electrons. The number of amides is 1. The number of nitrogens with one attached hydrogen (secondary N) is 1. The van der Waals surface area contributed by atoms with E-state index in [1.165, 1.54) is 5.56 Å². The lowest BCUT2D eigenvalue weighted by atomic mass is 9.91. The topological polar surface area (TPSA) is 101 Å². The van der Waals surface area contributed by atoms with E-state index in [1.807, 2.05) is 18.2 Å². The van der Waals surface area contributed by atoms with Gasteiger partial charge in [-0.05, 0) is 60.6 Å². The number of rotatable bonds is 5. The quantitative estimate of drug-likeness (QED) is 0.562. The lowest BCUT2D eigenvalue weighted by Gasteiger charge is -2.21. The highest BCUT2D eigenvalue weighted by molar-refractivity contribution is 5.92. The molecule has 4 N–H and O–H groups in total. The Morgan fingerprint density at radius 2 is 1.90 bits per heavy atom. The van der Waals surface area contributed by atoms with Crippen molar-refractivity contribution in [2.24, 2.45) is 5.92 Å². The Kier molecular flexibility index (Phi) is 5.40. The van der Waals surface area contributed by atoms with E-state index in [0.29, 0.717) is 11.7 Å². The van der Waals surface area contributed by atoms with Gasteiger partial charge in [0.2, 0.25) is 5.91 Å². The van der Waals surface area contributed by atoms with Crippen molar-refractivity contribution in [1.82, 2.24) is 9.97 Å². The maximum absolute atomic E-state index is 12.7. The fourth-order valence-electron chi connectivity index (χ4n) is 3.80. The van der Waals surface area contributed by atoms with E-state index in [9.17, 15) is 9.90 Å². The van der Waals surface area contributed by atoms with E-state index in [4.69, 9.17) is 15.7 Å². The molecule has 1 heterocycles. The van der Waals surface area contributed by atoms with Crippen LogP contribution in [-0.2, 0) is 30.5 Å². The Morgan fingerprint density at radius 3 is 2.63 bits per heavy atom. The first-order valence-electron chi connectivity index (χ1n) is 10.3. The number of hydrogen-bond acceptors (Lipinski definition) is 5. The number of fused-ring (bicyclic) bond motifs is 3. The molecule has 0 saturated heterocycles. The normalized spacial score (nSPS) is 12.4. The summed E-state index contributed by atoms with van der Waals surface area (Å²) in [6, 6.07) is 12.6. The van der Waals surface area contributed by atoms with E-state index in [2.05, 4.69) is 19.2 Å². The Bertz CT molecular complexity index is 1090. The largest absolute Gasteiger partial charge is 0.508 e. The maximum Gasteiger partial charge on any atom is 0.229 e. The average Bonchev–Trinajstić information content (AvgIpc) is 2.69. The molecule has 1 aliphatic carbocycles. The first-order chi connectivity index (χ1) is 14.4. The molecule has 0 bridgehead atoms. The van der Waals surface area contributed by atoms with E-state index in [1.54, 1.807) is 24.3 Å². The SMILES string of the molecule is CC(C)Cc1nc2c(nc1NC(=O)Cc1ccc(O)cc1)CCc1cc(N)ccc1-2. The number of phenols is 1. The van der Waals surface area contributed by atoms with Crippen LogP contribution in [0.5, 0.6) is 5.75 Å². The third-order valence-electron chi connectivity index (χ3n) is 5.22. The number of carbonyl (C=O) groups is 1. The summed E-state index contributed by atoms with van der Waals surface area (Å²) in [4.78, 5) is 22.4. The molecule has 0 aliphatic heterocycles. The Hall–Kier alpha value is -3.41. The number of hydrogen-bond donors (Lipinski definition) is 3. The lowest BCUT2D eigenvalue weighted by Crippen LogP contribution is -2.20. The van der Waals surface area contributed by atoms with Gasteiger partial charge in [0, 0.05) is 11.3 Å². The maximum atomic E-state index is 12.7. The molecule has 3 aromatic rings. The third-order valence-corrected chi connectivity index (χ3v) is 5.22. The Morgan fingerprint density at radius 1 is 1.13 bits per heavy atom. The summed E-state index contributed by atoms with van der Waals surface area (Å²) in [7, 11) is 0.